The number of carbonyl (C=O) groups excluding carboxylic acids is 4. The lowest BCUT2D eigenvalue weighted by atomic mass is 9.89. The van der Waals surface area contributed by atoms with Crippen LogP contribution in [0.25, 0.3) is 22.3 Å². The van der Waals surface area contributed by atoms with Crippen LogP contribution in [0.3, 0.4) is 0 Å². The van der Waals surface area contributed by atoms with Gasteiger partial charge in [0.25, 0.3) is 11.8 Å². The normalized spacial score (nSPS) is 23.2. The van der Waals surface area contributed by atoms with E-state index in [9.17, 15) is 19.2 Å². The minimum Gasteiger partial charge on any atom is -0.488 e. The maximum Gasteiger partial charge on any atom is 0.262 e. The van der Waals surface area contributed by atoms with Crippen LogP contribution in [0.5, 0.6) is 5.75 Å². The van der Waals surface area contributed by atoms with Crippen molar-refractivity contribution in [3.05, 3.63) is 59.9 Å². The summed E-state index contributed by atoms with van der Waals surface area (Å²) in [6.07, 6.45) is 6.82. The van der Waals surface area contributed by atoms with Gasteiger partial charge in [-0.05, 0) is 81.8 Å². The van der Waals surface area contributed by atoms with Crippen LogP contribution < -0.4 is 19.9 Å². The number of carbonyl (C=O) groups is 4. The standard InChI is InChI=1S/C44H51FN10O5/c1-43(10-11-43)60-30-5-7-34-33(24-30)38(50-49-34)35-25-37(48-27-47-35)53-21-19-51(20-22-53)26-44(45)12-17-54(18-13-44)40(57)28-8-15-52(16-9-28)29-4-6-31-32(23-29)42(59)55(41(31)58)36-3-2-14-46-39(36)56/h4-7,23-25,27-28,36H,2-3,8-22,26H2,1H3,(H,46,56)(H,49,50). The summed E-state index contributed by atoms with van der Waals surface area (Å²) in [5.41, 5.74) is 2.46. The number of halogens is 1. The maximum absolute atomic E-state index is 16.3. The van der Waals surface area contributed by atoms with E-state index in [-0.39, 0.29) is 23.3 Å². The van der Waals surface area contributed by atoms with Gasteiger partial charge in [0.15, 0.2) is 0 Å². The number of amides is 4. The number of aromatic nitrogens is 4. The van der Waals surface area contributed by atoms with E-state index in [0.29, 0.717) is 115 Å². The smallest absolute Gasteiger partial charge is 0.262 e. The zero-order valence-corrected chi connectivity index (χ0v) is 34.0. The topological polar surface area (TPSA) is 160 Å². The first-order valence-corrected chi connectivity index (χ1v) is 21.5. The van der Waals surface area contributed by atoms with Crippen molar-refractivity contribution in [1.29, 1.82) is 0 Å². The molecule has 314 valence electrons. The van der Waals surface area contributed by atoms with Gasteiger partial charge in [-0.2, -0.15) is 5.10 Å². The van der Waals surface area contributed by atoms with Crippen molar-refractivity contribution in [3.8, 4) is 17.1 Å². The number of nitrogens with one attached hydrogen (secondary N) is 2. The second-order valence-electron chi connectivity index (χ2n) is 17.8. The number of hydrogen-bond acceptors (Lipinski definition) is 11. The molecule has 15 nitrogen and oxygen atoms in total. The van der Waals surface area contributed by atoms with Crippen LogP contribution in [0.2, 0.25) is 0 Å². The van der Waals surface area contributed by atoms with E-state index < -0.39 is 23.5 Å². The number of nitrogens with zero attached hydrogens (tertiary/aromatic N) is 8. The Kier molecular flexibility index (Phi) is 9.72. The van der Waals surface area contributed by atoms with Crippen LogP contribution in [0, 0.1) is 5.92 Å². The number of aromatic amines is 1. The van der Waals surface area contributed by atoms with Crippen molar-refractivity contribution in [2.24, 2.45) is 5.92 Å². The van der Waals surface area contributed by atoms with Crippen molar-refractivity contribution < 1.29 is 28.3 Å². The first-order chi connectivity index (χ1) is 29.0. The third-order valence-corrected chi connectivity index (χ3v) is 13.6. The van der Waals surface area contributed by atoms with Gasteiger partial charge >= 0.3 is 0 Å². The highest BCUT2D eigenvalue weighted by atomic mass is 19.1. The molecule has 5 fully saturated rings. The molecule has 4 saturated heterocycles. The lowest BCUT2D eigenvalue weighted by molar-refractivity contribution is -0.139. The van der Waals surface area contributed by atoms with Crippen LogP contribution in [0.15, 0.2) is 48.8 Å². The predicted molar refractivity (Wildman–Crippen MR) is 222 cm³/mol. The summed E-state index contributed by atoms with van der Waals surface area (Å²) >= 11 is 0. The number of H-pyrrole nitrogens is 1. The minimum absolute atomic E-state index is 0.0783. The molecule has 2 aromatic heterocycles. The Morgan fingerprint density at radius 1 is 0.850 bits per heavy atom. The molecule has 2 aromatic carbocycles. The molecular weight excluding hydrogens is 768 g/mol. The summed E-state index contributed by atoms with van der Waals surface area (Å²) in [6, 6.07) is 12.4. The Labute approximate surface area is 347 Å². The van der Waals surface area contributed by atoms with E-state index >= 15 is 4.39 Å². The van der Waals surface area contributed by atoms with Gasteiger partial charge in [0, 0.05) is 101 Å². The Morgan fingerprint density at radius 2 is 1.62 bits per heavy atom. The van der Waals surface area contributed by atoms with Crippen molar-refractivity contribution >= 4 is 46.0 Å². The number of ether oxygens (including phenoxy) is 1. The van der Waals surface area contributed by atoms with E-state index in [4.69, 9.17) is 4.74 Å². The molecule has 1 atom stereocenters. The molecule has 10 rings (SSSR count). The minimum atomic E-state index is -1.35. The first kappa shape index (κ1) is 38.6. The third kappa shape index (κ3) is 7.32. The SMILES string of the molecule is CC1(Oc2ccc3n[nH]c(-c4cc(N5CCN(CC6(F)CCN(C(=O)C7CCN(c8ccc9c(c8)C(=O)N(C8CCCNC8=O)C9=O)CC7)CC6)CC5)ncn4)c3c2)CC1. The number of hydrogen-bond donors (Lipinski definition) is 2. The van der Waals surface area contributed by atoms with Crippen molar-refractivity contribution in [3.63, 3.8) is 0 Å². The van der Waals surface area contributed by atoms with Crippen LogP contribution in [0.4, 0.5) is 15.9 Å². The summed E-state index contributed by atoms with van der Waals surface area (Å²) < 4.78 is 22.5. The predicted octanol–water partition coefficient (Wildman–Crippen LogP) is 4.20. The quantitative estimate of drug-likeness (QED) is 0.233. The highest BCUT2D eigenvalue weighted by Gasteiger charge is 2.45. The average molecular weight is 819 g/mol. The highest BCUT2D eigenvalue weighted by molar-refractivity contribution is 6.23. The van der Waals surface area contributed by atoms with Crippen LogP contribution in [-0.2, 0) is 9.59 Å². The molecule has 7 heterocycles. The van der Waals surface area contributed by atoms with Crippen LogP contribution in [-0.4, -0.2) is 141 Å². The van der Waals surface area contributed by atoms with Crippen LogP contribution >= 0.6 is 0 Å². The molecular formula is C44H51FN10O5. The molecule has 1 aliphatic carbocycles. The number of likely N-dealkylation sites (tertiary alicyclic amines) is 1. The van der Waals surface area contributed by atoms with Gasteiger partial charge in [0.1, 0.15) is 35.2 Å². The van der Waals surface area contributed by atoms with Crippen molar-refractivity contribution in [1.82, 2.24) is 40.2 Å². The molecule has 2 N–H and O–H groups in total. The lowest BCUT2D eigenvalue weighted by Gasteiger charge is -2.43. The van der Waals surface area contributed by atoms with Gasteiger partial charge in [-0.15, -0.1) is 0 Å². The monoisotopic (exact) mass is 818 g/mol. The van der Waals surface area contributed by atoms with E-state index in [0.717, 1.165) is 57.3 Å². The Morgan fingerprint density at radius 3 is 2.37 bits per heavy atom. The van der Waals surface area contributed by atoms with Gasteiger partial charge in [-0.25, -0.2) is 14.4 Å². The largest absolute Gasteiger partial charge is 0.488 e. The van der Waals surface area contributed by atoms with Gasteiger partial charge in [0.05, 0.1) is 28.0 Å². The number of rotatable bonds is 9. The summed E-state index contributed by atoms with van der Waals surface area (Å²) in [5.74, 6) is 0.453. The van der Waals surface area contributed by atoms with Gasteiger partial charge in [0.2, 0.25) is 11.8 Å². The van der Waals surface area contributed by atoms with Crippen LogP contribution in [0.1, 0.15) is 79.0 Å². The molecule has 6 aliphatic rings. The average Bonchev–Trinajstić information content (AvgIpc) is 3.75. The summed E-state index contributed by atoms with van der Waals surface area (Å²) in [7, 11) is 0. The number of piperidine rings is 3. The highest BCUT2D eigenvalue weighted by Crippen LogP contribution is 2.41. The molecule has 0 spiro atoms. The Hall–Kier alpha value is -5.64. The molecule has 60 heavy (non-hydrogen) atoms. The second-order valence-corrected chi connectivity index (χ2v) is 17.8. The fourth-order valence-corrected chi connectivity index (χ4v) is 9.66. The van der Waals surface area contributed by atoms with Gasteiger partial charge in [-0.1, -0.05) is 0 Å². The summed E-state index contributed by atoms with van der Waals surface area (Å²) in [4.78, 5) is 71.3. The van der Waals surface area contributed by atoms with E-state index in [1.54, 1.807) is 18.5 Å². The van der Waals surface area contributed by atoms with Crippen molar-refractivity contribution in [2.75, 3.05) is 75.2 Å². The molecule has 1 saturated carbocycles. The Bertz CT molecular complexity index is 2340. The second kappa shape index (κ2) is 15.1. The van der Waals surface area contributed by atoms with E-state index in [2.05, 4.69) is 47.1 Å². The van der Waals surface area contributed by atoms with Gasteiger partial charge in [-0.3, -0.25) is 34.1 Å². The zero-order valence-electron chi connectivity index (χ0n) is 34.0. The van der Waals surface area contributed by atoms with E-state index in [1.165, 1.54) is 0 Å². The molecule has 4 amide bonds. The number of fused-ring (bicyclic) bond motifs is 2. The number of benzene rings is 2. The molecule has 5 aliphatic heterocycles. The van der Waals surface area contributed by atoms with E-state index in [1.807, 2.05) is 35.2 Å². The molecule has 4 aromatic rings. The first-order valence-electron chi connectivity index (χ1n) is 21.5. The molecule has 1 unspecified atom stereocenters. The lowest BCUT2D eigenvalue weighted by Crippen LogP contribution is -2.55. The van der Waals surface area contributed by atoms with Crippen molar-refractivity contribution in [2.45, 2.75) is 75.6 Å². The molecule has 0 bridgehead atoms. The Balaban J connectivity index is 0.693. The number of piperazine rings is 1. The fraction of sp³-hybridized carbons (Fsp3) is 0.523. The summed E-state index contributed by atoms with van der Waals surface area (Å²) in [5, 5.41) is 11.4. The number of anilines is 2. The zero-order chi connectivity index (χ0) is 41.2. The maximum atomic E-state index is 16.3. The number of imide groups is 1. The van der Waals surface area contributed by atoms with Gasteiger partial charge < -0.3 is 24.8 Å². The third-order valence-electron chi connectivity index (χ3n) is 13.6. The summed E-state index contributed by atoms with van der Waals surface area (Å²) in [6.45, 7) is 7.95. The molecule has 16 heteroatoms. The molecule has 0 radical (unpaired) electrons. The number of alkyl halides is 1. The fourth-order valence-electron chi connectivity index (χ4n) is 9.66.